The van der Waals surface area contributed by atoms with Crippen molar-refractivity contribution in [2.75, 3.05) is 25.4 Å². The molecule has 9 nitrogen and oxygen atoms in total. The first-order valence-electron chi connectivity index (χ1n) is 8.87. The van der Waals surface area contributed by atoms with Gasteiger partial charge in [0, 0.05) is 36.8 Å². The Morgan fingerprint density at radius 1 is 1.11 bits per heavy atom. The average molecular weight is 416 g/mol. The van der Waals surface area contributed by atoms with Gasteiger partial charge in [-0.2, -0.15) is 0 Å². The molecule has 1 heterocycles. The predicted octanol–water partition coefficient (Wildman–Crippen LogP) is 0.687. The Balaban J connectivity index is 2.26. The molecule has 1 saturated heterocycles. The van der Waals surface area contributed by atoms with E-state index in [4.69, 9.17) is 14.6 Å². The molecule has 0 aromatic rings. The fourth-order valence-corrected chi connectivity index (χ4v) is 2.90. The monoisotopic (exact) mass is 416 g/mol. The molecule has 0 aliphatic carbocycles. The number of nitrogens with one attached hydrogen (secondary N) is 2. The molecule has 10 heteroatoms. The molecule has 0 aromatic heterocycles. The molecule has 0 aromatic carbocycles. The number of carboxylic acid groups (broad SMARTS) is 1. The minimum atomic E-state index is -1.19. The van der Waals surface area contributed by atoms with Crippen LogP contribution in [0, 0.1) is 5.41 Å². The molecule has 0 unspecified atom stereocenters. The van der Waals surface area contributed by atoms with Gasteiger partial charge in [0.1, 0.15) is 6.10 Å². The van der Waals surface area contributed by atoms with Crippen molar-refractivity contribution in [1.82, 2.24) is 10.6 Å². The summed E-state index contributed by atoms with van der Waals surface area (Å²) in [6.07, 6.45) is 1.14. The third-order valence-corrected chi connectivity index (χ3v) is 4.65. The molecule has 28 heavy (non-hydrogen) atoms. The molecule has 0 radical (unpaired) electrons. The second-order valence-corrected chi connectivity index (χ2v) is 8.50. The van der Waals surface area contributed by atoms with Crippen LogP contribution in [0.2, 0.25) is 0 Å². The van der Waals surface area contributed by atoms with Crippen molar-refractivity contribution in [3.8, 4) is 0 Å². The Labute approximate surface area is 168 Å². The van der Waals surface area contributed by atoms with Crippen molar-refractivity contribution < 1.29 is 33.8 Å². The molecule has 1 aliphatic heterocycles. The first-order valence-corrected chi connectivity index (χ1v) is 9.85. The van der Waals surface area contributed by atoms with Gasteiger partial charge in [0.2, 0.25) is 16.9 Å². The van der Waals surface area contributed by atoms with Crippen LogP contribution in [0.25, 0.3) is 0 Å². The standard InChI is InChI=1S/C18H28N2O7S/c1-17(2)11-26-18(3,4)27-15(17)16(25)20-8-7-12(21)19-9-10-28-14(24)6-5-13(22)23/h5-6,15H,7-11H2,1-4H3,(H,19,21)(H,20,25)(H,22,23)/b6-5+/t15-/m0/s1. The number of rotatable bonds is 9. The Morgan fingerprint density at radius 3 is 2.43 bits per heavy atom. The number of carbonyl (C=O) groups is 4. The summed E-state index contributed by atoms with van der Waals surface area (Å²) >= 11 is 0.906. The second-order valence-electron chi connectivity index (χ2n) is 7.41. The molecule has 1 rings (SSSR count). The quantitative estimate of drug-likeness (QED) is 0.370. The lowest BCUT2D eigenvalue weighted by Crippen LogP contribution is -2.56. The van der Waals surface area contributed by atoms with Crippen LogP contribution < -0.4 is 10.6 Å². The van der Waals surface area contributed by atoms with Gasteiger partial charge < -0.3 is 25.2 Å². The lowest BCUT2D eigenvalue weighted by molar-refractivity contribution is -0.304. The Hall–Kier alpha value is -1.91. The SMILES string of the molecule is CC1(C)OCC(C)(C)[C@H](C(=O)NCCC(=O)NCCSC(=O)/C=C/C(=O)O)O1. The molecule has 2 amide bonds. The van der Waals surface area contributed by atoms with Crippen LogP contribution in [0.4, 0.5) is 0 Å². The van der Waals surface area contributed by atoms with Crippen LogP contribution in [-0.4, -0.2) is 65.3 Å². The summed E-state index contributed by atoms with van der Waals surface area (Å²) in [6.45, 7) is 8.06. The van der Waals surface area contributed by atoms with Gasteiger partial charge >= 0.3 is 5.97 Å². The van der Waals surface area contributed by atoms with Gasteiger partial charge in [0.25, 0.3) is 0 Å². The summed E-state index contributed by atoms with van der Waals surface area (Å²) in [5.41, 5.74) is -0.485. The minimum Gasteiger partial charge on any atom is -0.478 e. The fraction of sp³-hybridized carbons (Fsp3) is 0.667. The smallest absolute Gasteiger partial charge is 0.328 e. The molecular weight excluding hydrogens is 388 g/mol. The van der Waals surface area contributed by atoms with E-state index in [-0.39, 0.29) is 31.3 Å². The van der Waals surface area contributed by atoms with E-state index in [2.05, 4.69) is 10.6 Å². The maximum absolute atomic E-state index is 12.4. The second kappa shape index (κ2) is 10.6. The molecule has 0 saturated carbocycles. The van der Waals surface area contributed by atoms with E-state index in [0.29, 0.717) is 12.4 Å². The topological polar surface area (TPSA) is 131 Å². The van der Waals surface area contributed by atoms with Crippen LogP contribution in [0.15, 0.2) is 12.2 Å². The number of carboxylic acids is 1. The Morgan fingerprint density at radius 2 is 1.79 bits per heavy atom. The molecule has 1 atom stereocenters. The first-order chi connectivity index (χ1) is 12.9. The summed E-state index contributed by atoms with van der Waals surface area (Å²) < 4.78 is 11.3. The van der Waals surface area contributed by atoms with E-state index in [1.807, 2.05) is 13.8 Å². The molecule has 158 valence electrons. The maximum atomic E-state index is 12.4. The van der Waals surface area contributed by atoms with E-state index in [1.54, 1.807) is 13.8 Å². The number of ether oxygens (including phenoxy) is 2. The van der Waals surface area contributed by atoms with E-state index in [9.17, 15) is 19.2 Å². The first kappa shape index (κ1) is 24.1. The van der Waals surface area contributed by atoms with Crippen molar-refractivity contribution in [3.05, 3.63) is 12.2 Å². The normalized spacial score (nSPS) is 20.5. The predicted molar refractivity (Wildman–Crippen MR) is 104 cm³/mol. The fourth-order valence-electron chi connectivity index (χ4n) is 2.33. The summed E-state index contributed by atoms with van der Waals surface area (Å²) in [5.74, 6) is -2.27. The van der Waals surface area contributed by atoms with Gasteiger partial charge in [0.05, 0.1) is 6.61 Å². The van der Waals surface area contributed by atoms with Gasteiger partial charge in [-0.05, 0) is 19.9 Å². The number of hydrogen-bond acceptors (Lipinski definition) is 7. The zero-order valence-electron chi connectivity index (χ0n) is 16.6. The van der Waals surface area contributed by atoms with E-state index in [1.165, 1.54) is 0 Å². The van der Waals surface area contributed by atoms with Gasteiger partial charge in [-0.3, -0.25) is 14.4 Å². The molecule has 0 bridgehead atoms. The Bertz CT molecular complexity index is 631. The number of thioether (sulfide) groups is 1. The maximum Gasteiger partial charge on any atom is 0.328 e. The molecule has 0 spiro atoms. The summed E-state index contributed by atoms with van der Waals surface area (Å²) in [6, 6.07) is 0. The number of hydrogen-bond donors (Lipinski definition) is 3. The zero-order valence-corrected chi connectivity index (χ0v) is 17.4. The lowest BCUT2D eigenvalue weighted by atomic mass is 9.85. The summed E-state index contributed by atoms with van der Waals surface area (Å²) in [5, 5.41) is 13.4. The number of carbonyl (C=O) groups excluding carboxylic acids is 3. The van der Waals surface area contributed by atoms with Gasteiger partial charge in [-0.15, -0.1) is 0 Å². The number of aliphatic carboxylic acids is 1. The highest BCUT2D eigenvalue weighted by molar-refractivity contribution is 8.14. The van der Waals surface area contributed by atoms with Gasteiger partial charge in [-0.1, -0.05) is 25.6 Å². The average Bonchev–Trinajstić information content (AvgIpc) is 2.59. The highest BCUT2D eigenvalue weighted by Gasteiger charge is 2.45. The summed E-state index contributed by atoms with van der Waals surface area (Å²) in [7, 11) is 0. The van der Waals surface area contributed by atoms with E-state index < -0.39 is 28.4 Å². The zero-order chi connectivity index (χ0) is 21.4. The largest absolute Gasteiger partial charge is 0.478 e. The van der Waals surface area contributed by atoms with Crippen LogP contribution in [0.1, 0.15) is 34.1 Å². The minimum absolute atomic E-state index is 0.0936. The third kappa shape index (κ3) is 8.85. The molecule has 1 aliphatic rings. The summed E-state index contributed by atoms with van der Waals surface area (Å²) in [4.78, 5) is 45.8. The van der Waals surface area contributed by atoms with E-state index in [0.717, 1.165) is 23.9 Å². The van der Waals surface area contributed by atoms with E-state index >= 15 is 0 Å². The van der Waals surface area contributed by atoms with Gasteiger partial charge in [-0.25, -0.2) is 4.79 Å². The van der Waals surface area contributed by atoms with Crippen molar-refractivity contribution in [2.45, 2.75) is 46.0 Å². The molecule has 3 N–H and O–H groups in total. The van der Waals surface area contributed by atoms with Crippen LogP contribution in [0.5, 0.6) is 0 Å². The van der Waals surface area contributed by atoms with Crippen LogP contribution >= 0.6 is 11.8 Å². The van der Waals surface area contributed by atoms with Crippen molar-refractivity contribution in [3.63, 3.8) is 0 Å². The molecular formula is C18H28N2O7S. The van der Waals surface area contributed by atoms with Crippen LogP contribution in [-0.2, 0) is 28.7 Å². The Kier molecular flexibility index (Phi) is 9.12. The van der Waals surface area contributed by atoms with Crippen molar-refractivity contribution in [1.29, 1.82) is 0 Å². The highest BCUT2D eigenvalue weighted by atomic mass is 32.2. The lowest BCUT2D eigenvalue weighted by Gasteiger charge is -2.44. The highest BCUT2D eigenvalue weighted by Crippen LogP contribution is 2.34. The third-order valence-electron chi connectivity index (χ3n) is 3.82. The number of amides is 2. The van der Waals surface area contributed by atoms with Crippen molar-refractivity contribution >= 4 is 34.7 Å². The van der Waals surface area contributed by atoms with Gasteiger partial charge in [0.15, 0.2) is 5.79 Å². The van der Waals surface area contributed by atoms with Crippen LogP contribution in [0.3, 0.4) is 0 Å². The molecule has 1 fully saturated rings. The van der Waals surface area contributed by atoms with Crippen molar-refractivity contribution in [2.24, 2.45) is 5.41 Å².